The first-order valence-corrected chi connectivity index (χ1v) is 8.68. The van der Waals surface area contributed by atoms with Crippen LogP contribution < -0.4 is 5.32 Å². The summed E-state index contributed by atoms with van der Waals surface area (Å²) in [6.45, 7) is 1.89. The first-order chi connectivity index (χ1) is 12.5. The lowest BCUT2D eigenvalue weighted by atomic mass is 9.99. The van der Waals surface area contributed by atoms with Gasteiger partial charge in [-0.25, -0.2) is 0 Å². The first-order valence-electron chi connectivity index (χ1n) is 7.92. The summed E-state index contributed by atoms with van der Waals surface area (Å²) >= 11 is 12.0. The Morgan fingerprint density at radius 1 is 0.846 bits per heavy atom. The molecule has 1 N–H and O–H groups in total. The topological polar surface area (TPSA) is 46.2 Å². The van der Waals surface area contributed by atoms with Gasteiger partial charge in [0.15, 0.2) is 5.78 Å². The second-order valence-corrected chi connectivity index (χ2v) is 6.67. The highest BCUT2D eigenvalue weighted by Crippen LogP contribution is 2.25. The molecule has 3 rings (SSSR count). The van der Waals surface area contributed by atoms with E-state index in [1.165, 1.54) is 6.07 Å². The normalized spacial score (nSPS) is 10.4. The summed E-state index contributed by atoms with van der Waals surface area (Å²) in [5, 5.41) is 3.46. The fourth-order valence-corrected chi connectivity index (χ4v) is 2.94. The van der Waals surface area contributed by atoms with Crippen LogP contribution in [0, 0.1) is 6.92 Å². The van der Waals surface area contributed by atoms with Crippen molar-refractivity contribution in [2.24, 2.45) is 0 Å². The molecule has 3 aromatic rings. The molecular formula is C21H15Cl2NO2. The number of nitrogens with one attached hydrogen (secondary N) is 1. The minimum Gasteiger partial charge on any atom is -0.321 e. The van der Waals surface area contributed by atoms with Gasteiger partial charge in [-0.2, -0.15) is 0 Å². The minimum atomic E-state index is -0.427. The van der Waals surface area contributed by atoms with E-state index in [0.717, 1.165) is 5.56 Å². The molecule has 0 fully saturated rings. The number of hydrogen-bond donors (Lipinski definition) is 1. The van der Waals surface area contributed by atoms with Gasteiger partial charge >= 0.3 is 0 Å². The maximum absolute atomic E-state index is 12.9. The van der Waals surface area contributed by atoms with Crippen molar-refractivity contribution in [1.29, 1.82) is 0 Å². The molecular weight excluding hydrogens is 369 g/mol. The van der Waals surface area contributed by atoms with Crippen LogP contribution in [0.3, 0.4) is 0 Å². The highest BCUT2D eigenvalue weighted by Gasteiger charge is 2.17. The van der Waals surface area contributed by atoms with Crippen LogP contribution in [-0.2, 0) is 0 Å². The molecule has 130 valence electrons. The highest BCUT2D eigenvalue weighted by molar-refractivity contribution is 6.36. The van der Waals surface area contributed by atoms with Crippen LogP contribution in [-0.4, -0.2) is 11.7 Å². The molecule has 0 bridgehead atoms. The van der Waals surface area contributed by atoms with Gasteiger partial charge in [-0.1, -0.05) is 65.2 Å². The number of ketones is 1. The van der Waals surface area contributed by atoms with Crippen LogP contribution in [0.4, 0.5) is 5.69 Å². The average molecular weight is 384 g/mol. The van der Waals surface area contributed by atoms with E-state index in [1.54, 1.807) is 48.5 Å². The Kier molecular flexibility index (Phi) is 5.40. The summed E-state index contributed by atoms with van der Waals surface area (Å²) in [6.07, 6.45) is 0. The van der Waals surface area contributed by atoms with Crippen molar-refractivity contribution < 1.29 is 9.59 Å². The zero-order valence-electron chi connectivity index (χ0n) is 13.9. The second-order valence-electron chi connectivity index (χ2n) is 5.82. The summed E-state index contributed by atoms with van der Waals surface area (Å²) in [4.78, 5) is 25.5. The number of rotatable bonds is 4. The van der Waals surface area contributed by atoms with Gasteiger partial charge in [-0.05, 0) is 37.3 Å². The average Bonchev–Trinajstić information content (AvgIpc) is 2.65. The smallest absolute Gasteiger partial charge is 0.257 e. The van der Waals surface area contributed by atoms with E-state index in [0.29, 0.717) is 21.8 Å². The van der Waals surface area contributed by atoms with Crippen molar-refractivity contribution in [3.05, 3.63) is 99.0 Å². The Morgan fingerprint density at radius 3 is 2.31 bits per heavy atom. The predicted molar refractivity (Wildman–Crippen MR) is 105 cm³/mol. The molecule has 0 saturated carbocycles. The molecule has 0 atom stereocenters. The van der Waals surface area contributed by atoms with Gasteiger partial charge in [0.2, 0.25) is 0 Å². The molecule has 26 heavy (non-hydrogen) atoms. The third kappa shape index (κ3) is 3.96. The van der Waals surface area contributed by atoms with Gasteiger partial charge in [0.05, 0.1) is 16.3 Å². The van der Waals surface area contributed by atoms with Crippen molar-refractivity contribution in [3.8, 4) is 0 Å². The molecule has 5 heteroatoms. The number of anilines is 1. The summed E-state index contributed by atoms with van der Waals surface area (Å²) in [5.41, 5.74) is 2.56. The van der Waals surface area contributed by atoms with Crippen molar-refractivity contribution in [2.45, 2.75) is 6.92 Å². The lowest BCUT2D eigenvalue weighted by molar-refractivity contribution is 0.102. The number of aryl methyl sites for hydroxylation is 1. The number of carbonyl (C=O) groups excluding carboxylic acids is 2. The molecule has 0 radical (unpaired) electrons. The van der Waals surface area contributed by atoms with Crippen LogP contribution in [0.5, 0.6) is 0 Å². The fourth-order valence-electron chi connectivity index (χ4n) is 2.56. The molecule has 0 aliphatic rings. The molecule has 0 unspecified atom stereocenters. The maximum Gasteiger partial charge on any atom is 0.257 e. The summed E-state index contributed by atoms with van der Waals surface area (Å²) in [7, 11) is 0. The third-order valence-corrected chi connectivity index (χ3v) is 4.44. The first kappa shape index (κ1) is 18.2. The summed E-state index contributed by atoms with van der Waals surface area (Å²) in [5.74, 6) is -0.592. The van der Waals surface area contributed by atoms with Crippen LogP contribution >= 0.6 is 23.2 Å². The Morgan fingerprint density at radius 2 is 1.58 bits per heavy atom. The number of amides is 1. The van der Waals surface area contributed by atoms with Gasteiger partial charge < -0.3 is 5.32 Å². The molecule has 3 nitrogen and oxygen atoms in total. The van der Waals surface area contributed by atoms with Gasteiger partial charge in [0, 0.05) is 16.1 Å². The van der Waals surface area contributed by atoms with Crippen LogP contribution in [0.1, 0.15) is 31.8 Å². The number of hydrogen-bond acceptors (Lipinski definition) is 2. The molecule has 1 amide bonds. The quantitative estimate of drug-likeness (QED) is 0.579. The molecule has 0 saturated heterocycles. The van der Waals surface area contributed by atoms with Gasteiger partial charge in [0.25, 0.3) is 5.91 Å². The Balaban J connectivity index is 1.97. The maximum atomic E-state index is 12.9. The van der Waals surface area contributed by atoms with Gasteiger partial charge in [-0.3, -0.25) is 9.59 Å². The van der Waals surface area contributed by atoms with Crippen molar-refractivity contribution in [2.75, 3.05) is 5.32 Å². The largest absolute Gasteiger partial charge is 0.321 e. The van der Waals surface area contributed by atoms with Crippen LogP contribution in [0.25, 0.3) is 0 Å². The SMILES string of the molecule is Cc1ccc(NC(=O)c2cc(Cl)ccc2Cl)c(C(=O)c2ccccc2)c1. The van der Waals surface area contributed by atoms with E-state index in [4.69, 9.17) is 23.2 Å². The van der Waals surface area contributed by atoms with Gasteiger partial charge in [-0.15, -0.1) is 0 Å². The van der Waals surface area contributed by atoms with E-state index in [-0.39, 0.29) is 16.4 Å². The number of benzene rings is 3. The van der Waals surface area contributed by atoms with Crippen molar-refractivity contribution in [1.82, 2.24) is 0 Å². The second kappa shape index (κ2) is 7.73. The van der Waals surface area contributed by atoms with Crippen molar-refractivity contribution >= 4 is 40.6 Å². The minimum absolute atomic E-state index is 0.165. The van der Waals surface area contributed by atoms with Crippen molar-refractivity contribution in [3.63, 3.8) is 0 Å². The summed E-state index contributed by atoms with van der Waals surface area (Å²) in [6, 6.07) is 18.9. The summed E-state index contributed by atoms with van der Waals surface area (Å²) < 4.78 is 0. The van der Waals surface area contributed by atoms with Gasteiger partial charge in [0.1, 0.15) is 0 Å². The lowest BCUT2D eigenvalue weighted by Gasteiger charge is -2.12. The molecule has 0 aliphatic heterocycles. The predicted octanol–water partition coefficient (Wildman–Crippen LogP) is 5.79. The molecule has 0 aromatic heterocycles. The molecule has 0 heterocycles. The van der Waals surface area contributed by atoms with Crippen LogP contribution in [0.15, 0.2) is 66.7 Å². The third-order valence-electron chi connectivity index (χ3n) is 3.88. The Hall–Kier alpha value is -2.62. The standard InChI is InChI=1S/C21H15Cl2NO2/c1-13-7-10-19(17(11-13)20(25)14-5-3-2-4-6-14)24-21(26)16-12-15(22)8-9-18(16)23/h2-12H,1H3,(H,24,26). The lowest BCUT2D eigenvalue weighted by Crippen LogP contribution is -2.16. The van der Waals surface area contributed by atoms with Crippen LogP contribution in [0.2, 0.25) is 10.0 Å². The molecule has 0 spiro atoms. The monoisotopic (exact) mass is 383 g/mol. The molecule has 3 aromatic carbocycles. The van der Waals surface area contributed by atoms with E-state index in [2.05, 4.69) is 5.32 Å². The van der Waals surface area contributed by atoms with E-state index in [9.17, 15) is 9.59 Å². The fraction of sp³-hybridized carbons (Fsp3) is 0.0476. The van der Waals surface area contributed by atoms with E-state index >= 15 is 0 Å². The zero-order valence-corrected chi connectivity index (χ0v) is 15.4. The Bertz CT molecular complexity index is 985. The molecule has 0 aliphatic carbocycles. The Labute approximate surface area is 161 Å². The zero-order chi connectivity index (χ0) is 18.7. The number of carbonyl (C=O) groups is 2. The highest BCUT2D eigenvalue weighted by atomic mass is 35.5. The van der Waals surface area contributed by atoms with E-state index < -0.39 is 5.91 Å². The van der Waals surface area contributed by atoms with E-state index in [1.807, 2.05) is 19.1 Å². The number of halogens is 2.